The highest BCUT2D eigenvalue weighted by Crippen LogP contribution is 2.21. The third-order valence-corrected chi connectivity index (χ3v) is 4.12. The molecule has 1 fully saturated rings. The predicted octanol–water partition coefficient (Wildman–Crippen LogP) is 2.86. The Morgan fingerprint density at radius 2 is 2.04 bits per heavy atom. The van der Waals surface area contributed by atoms with Gasteiger partial charge in [-0.3, -0.25) is 14.6 Å². The standard InChI is InChI=1S/C19H20N2O3/c1-13(22)14-4-2-5-15(8-14)16-9-17(11-20-10-16)19(23)21-12-18-6-3-7-24-18/h2,4-5,8-11,18H,3,6-7,12H2,1H3,(H,21,23). The SMILES string of the molecule is CC(=O)c1cccc(-c2cncc(C(=O)NCC3CCCO3)c2)c1. The van der Waals surface area contributed by atoms with E-state index in [9.17, 15) is 9.59 Å². The minimum Gasteiger partial charge on any atom is -0.376 e. The zero-order valence-electron chi connectivity index (χ0n) is 13.6. The summed E-state index contributed by atoms with van der Waals surface area (Å²) in [5.41, 5.74) is 2.81. The zero-order chi connectivity index (χ0) is 16.9. The molecule has 3 rings (SSSR count). The lowest BCUT2D eigenvalue weighted by atomic mass is 10.0. The van der Waals surface area contributed by atoms with Crippen molar-refractivity contribution in [1.29, 1.82) is 0 Å². The van der Waals surface area contributed by atoms with E-state index < -0.39 is 0 Å². The van der Waals surface area contributed by atoms with Gasteiger partial charge in [0.25, 0.3) is 5.91 Å². The molecule has 124 valence electrons. The molecule has 1 aliphatic heterocycles. The number of aromatic nitrogens is 1. The molecule has 1 aromatic carbocycles. The number of hydrogen-bond acceptors (Lipinski definition) is 4. The average molecular weight is 324 g/mol. The fraction of sp³-hybridized carbons (Fsp3) is 0.316. The summed E-state index contributed by atoms with van der Waals surface area (Å²) in [6.45, 7) is 2.82. The number of carbonyl (C=O) groups excluding carboxylic acids is 2. The number of ether oxygens (including phenoxy) is 1. The van der Waals surface area contributed by atoms with Gasteiger partial charge in [-0.15, -0.1) is 0 Å². The van der Waals surface area contributed by atoms with Crippen molar-refractivity contribution in [2.24, 2.45) is 0 Å². The number of amides is 1. The molecule has 0 bridgehead atoms. The molecule has 1 aromatic heterocycles. The molecule has 1 atom stereocenters. The Kier molecular flexibility index (Phi) is 5.01. The monoisotopic (exact) mass is 324 g/mol. The third kappa shape index (κ3) is 3.86. The van der Waals surface area contributed by atoms with E-state index in [2.05, 4.69) is 10.3 Å². The smallest absolute Gasteiger partial charge is 0.252 e. The summed E-state index contributed by atoms with van der Waals surface area (Å²) in [6, 6.07) is 9.11. The van der Waals surface area contributed by atoms with Crippen LogP contribution in [0.3, 0.4) is 0 Å². The van der Waals surface area contributed by atoms with Crippen LogP contribution in [0.2, 0.25) is 0 Å². The number of rotatable bonds is 5. The van der Waals surface area contributed by atoms with Gasteiger partial charge in [-0.2, -0.15) is 0 Å². The van der Waals surface area contributed by atoms with Crippen LogP contribution in [0.25, 0.3) is 11.1 Å². The van der Waals surface area contributed by atoms with Crippen molar-refractivity contribution in [3.63, 3.8) is 0 Å². The Morgan fingerprint density at radius 1 is 1.21 bits per heavy atom. The fourth-order valence-electron chi connectivity index (χ4n) is 2.75. The molecule has 1 N–H and O–H groups in total. The van der Waals surface area contributed by atoms with Gasteiger partial charge in [0.1, 0.15) is 0 Å². The van der Waals surface area contributed by atoms with E-state index in [4.69, 9.17) is 4.74 Å². The summed E-state index contributed by atoms with van der Waals surface area (Å²) >= 11 is 0. The van der Waals surface area contributed by atoms with Crippen LogP contribution in [0.5, 0.6) is 0 Å². The Morgan fingerprint density at radius 3 is 2.79 bits per heavy atom. The quantitative estimate of drug-likeness (QED) is 0.859. The lowest BCUT2D eigenvalue weighted by molar-refractivity contribution is 0.0857. The Bertz CT molecular complexity index is 752. The zero-order valence-corrected chi connectivity index (χ0v) is 13.6. The molecule has 1 unspecified atom stereocenters. The molecule has 0 radical (unpaired) electrons. The molecule has 0 spiro atoms. The molecule has 1 aliphatic rings. The Balaban J connectivity index is 1.74. The van der Waals surface area contributed by atoms with Crippen LogP contribution in [0.1, 0.15) is 40.5 Å². The Labute approximate surface area is 141 Å². The minimum atomic E-state index is -0.164. The molecule has 1 amide bonds. The van der Waals surface area contributed by atoms with Crippen molar-refractivity contribution in [3.05, 3.63) is 53.9 Å². The maximum atomic E-state index is 12.3. The largest absolute Gasteiger partial charge is 0.376 e. The van der Waals surface area contributed by atoms with E-state index >= 15 is 0 Å². The second-order valence-electron chi connectivity index (χ2n) is 5.94. The van der Waals surface area contributed by atoms with Crippen molar-refractivity contribution in [2.45, 2.75) is 25.9 Å². The summed E-state index contributed by atoms with van der Waals surface area (Å²) in [7, 11) is 0. The van der Waals surface area contributed by atoms with E-state index in [1.165, 1.54) is 6.92 Å². The van der Waals surface area contributed by atoms with Crippen LogP contribution >= 0.6 is 0 Å². The van der Waals surface area contributed by atoms with Crippen LogP contribution in [0, 0.1) is 0 Å². The average Bonchev–Trinajstić information content (AvgIpc) is 3.13. The molecule has 2 aromatic rings. The number of Topliss-reactive ketones (excluding diaryl/α,β-unsaturated/α-hetero) is 1. The summed E-state index contributed by atoms with van der Waals surface area (Å²) < 4.78 is 5.51. The second-order valence-corrected chi connectivity index (χ2v) is 5.94. The first-order valence-electron chi connectivity index (χ1n) is 8.10. The number of pyridine rings is 1. The molecule has 5 nitrogen and oxygen atoms in total. The highest BCUT2D eigenvalue weighted by molar-refractivity contribution is 5.96. The number of benzene rings is 1. The molecule has 1 saturated heterocycles. The molecule has 0 saturated carbocycles. The molecular formula is C19H20N2O3. The summed E-state index contributed by atoms with van der Waals surface area (Å²) in [4.78, 5) is 28.0. The number of carbonyl (C=O) groups is 2. The van der Waals surface area contributed by atoms with Gasteiger partial charge in [0.05, 0.1) is 11.7 Å². The van der Waals surface area contributed by atoms with E-state index in [0.717, 1.165) is 30.6 Å². The van der Waals surface area contributed by atoms with Gasteiger partial charge in [-0.05, 0) is 37.5 Å². The van der Waals surface area contributed by atoms with Crippen LogP contribution < -0.4 is 5.32 Å². The predicted molar refractivity (Wildman–Crippen MR) is 91.0 cm³/mol. The molecule has 24 heavy (non-hydrogen) atoms. The first-order valence-corrected chi connectivity index (χ1v) is 8.10. The summed E-state index contributed by atoms with van der Waals surface area (Å²) in [5, 5.41) is 2.89. The van der Waals surface area contributed by atoms with E-state index in [0.29, 0.717) is 17.7 Å². The number of hydrogen-bond donors (Lipinski definition) is 1. The van der Waals surface area contributed by atoms with Gasteiger partial charge in [0, 0.05) is 36.7 Å². The molecule has 0 aliphatic carbocycles. The normalized spacial score (nSPS) is 16.8. The minimum absolute atomic E-state index is 0.00951. The van der Waals surface area contributed by atoms with E-state index in [1.807, 2.05) is 18.2 Å². The number of nitrogens with zero attached hydrogens (tertiary/aromatic N) is 1. The molecule has 2 heterocycles. The van der Waals surface area contributed by atoms with Crippen molar-refractivity contribution in [2.75, 3.05) is 13.2 Å². The topological polar surface area (TPSA) is 68.3 Å². The van der Waals surface area contributed by atoms with E-state index in [-0.39, 0.29) is 17.8 Å². The van der Waals surface area contributed by atoms with Crippen molar-refractivity contribution in [1.82, 2.24) is 10.3 Å². The van der Waals surface area contributed by atoms with Gasteiger partial charge in [-0.25, -0.2) is 0 Å². The third-order valence-electron chi connectivity index (χ3n) is 4.12. The van der Waals surface area contributed by atoms with E-state index in [1.54, 1.807) is 24.5 Å². The Hall–Kier alpha value is -2.53. The van der Waals surface area contributed by atoms with Gasteiger partial charge in [0.15, 0.2) is 5.78 Å². The highest BCUT2D eigenvalue weighted by atomic mass is 16.5. The van der Waals surface area contributed by atoms with Crippen molar-refractivity contribution < 1.29 is 14.3 Å². The van der Waals surface area contributed by atoms with Crippen molar-refractivity contribution in [3.8, 4) is 11.1 Å². The molecule has 5 heteroatoms. The van der Waals surface area contributed by atoms with Crippen LogP contribution in [-0.2, 0) is 4.74 Å². The van der Waals surface area contributed by atoms with Gasteiger partial charge in [0.2, 0.25) is 0 Å². The molecular weight excluding hydrogens is 304 g/mol. The first kappa shape index (κ1) is 16.3. The van der Waals surface area contributed by atoms with Gasteiger partial charge < -0.3 is 10.1 Å². The number of ketones is 1. The van der Waals surface area contributed by atoms with Gasteiger partial charge >= 0.3 is 0 Å². The fourth-order valence-corrected chi connectivity index (χ4v) is 2.75. The van der Waals surface area contributed by atoms with Gasteiger partial charge in [-0.1, -0.05) is 18.2 Å². The van der Waals surface area contributed by atoms with Crippen molar-refractivity contribution >= 4 is 11.7 Å². The van der Waals surface area contributed by atoms with Crippen LogP contribution in [0.15, 0.2) is 42.7 Å². The lowest BCUT2D eigenvalue weighted by Crippen LogP contribution is -2.31. The maximum Gasteiger partial charge on any atom is 0.252 e. The first-order chi connectivity index (χ1) is 11.6. The second kappa shape index (κ2) is 7.36. The van der Waals surface area contributed by atoms with Crippen LogP contribution in [-0.4, -0.2) is 35.9 Å². The highest BCUT2D eigenvalue weighted by Gasteiger charge is 2.17. The number of nitrogens with one attached hydrogen (secondary N) is 1. The maximum absolute atomic E-state index is 12.3. The lowest BCUT2D eigenvalue weighted by Gasteiger charge is -2.11. The summed E-state index contributed by atoms with van der Waals surface area (Å²) in [5.74, 6) is -0.155. The van der Waals surface area contributed by atoms with Crippen LogP contribution in [0.4, 0.5) is 0 Å². The summed E-state index contributed by atoms with van der Waals surface area (Å²) in [6.07, 6.45) is 5.37.